The lowest BCUT2D eigenvalue weighted by atomic mass is 9.83. The second-order valence-electron chi connectivity index (χ2n) is 18.6. The van der Waals surface area contributed by atoms with E-state index in [-0.39, 0.29) is 29.2 Å². The van der Waals surface area contributed by atoms with Gasteiger partial charge in [-0.25, -0.2) is 27.1 Å². The molecule has 0 spiro atoms. The summed E-state index contributed by atoms with van der Waals surface area (Å²) in [6.45, 7) is 12.5. The molecule has 65 heavy (non-hydrogen) atoms. The number of aromatic amines is 1. The number of rotatable bonds is 9. The van der Waals surface area contributed by atoms with E-state index in [4.69, 9.17) is 14.4 Å². The summed E-state index contributed by atoms with van der Waals surface area (Å²) in [5, 5.41) is 10.1. The monoisotopic (exact) mass is 903 g/mol. The third-order valence-electron chi connectivity index (χ3n) is 13.6. The minimum atomic E-state index is -3.52. The highest BCUT2D eigenvalue weighted by atomic mass is 32.2. The minimum Gasteiger partial charge on any atom is -0.376 e. The predicted octanol–water partition coefficient (Wildman–Crippen LogP) is 6.79. The molecule has 7 aromatic rings. The number of ether oxygens (including phenoxy) is 1. The van der Waals surface area contributed by atoms with Crippen molar-refractivity contribution >= 4 is 32.5 Å². The number of H-pyrrole nitrogens is 1. The topological polar surface area (TPSA) is 184 Å². The first-order chi connectivity index (χ1) is 30.8. The highest BCUT2D eigenvalue weighted by molar-refractivity contribution is 7.92. The van der Waals surface area contributed by atoms with Crippen LogP contribution in [0.25, 0.3) is 28.1 Å². The van der Waals surface area contributed by atoms with Gasteiger partial charge in [0.1, 0.15) is 22.9 Å². The Morgan fingerprint density at radius 1 is 0.954 bits per heavy atom. The summed E-state index contributed by atoms with van der Waals surface area (Å²) < 4.78 is 58.9. The maximum atomic E-state index is 15.5. The molecule has 338 valence electrons. The number of hydrogen-bond donors (Lipinski definition) is 2. The van der Waals surface area contributed by atoms with Crippen LogP contribution < -0.4 is 16.2 Å². The lowest BCUT2D eigenvalue weighted by Gasteiger charge is -2.35. The van der Waals surface area contributed by atoms with Crippen LogP contribution in [-0.2, 0) is 26.7 Å². The lowest BCUT2D eigenvalue weighted by molar-refractivity contribution is -0.0592. The normalized spacial score (nSPS) is 21.7. The van der Waals surface area contributed by atoms with Crippen molar-refractivity contribution in [2.75, 3.05) is 24.1 Å². The van der Waals surface area contributed by atoms with Crippen LogP contribution in [0.5, 0.6) is 0 Å². The van der Waals surface area contributed by atoms with Crippen LogP contribution in [0.4, 0.5) is 10.1 Å². The fraction of sp³-hybridized carbons (Fsp3) is 0.383. The van der Waals surface area contributed by atoms with Gasteiger partial charge in [-0.1, -0.05) is 18.1 Å². The Kier molecular flexibility index (Phi) is 9.80. The second-order valence-corrected chi connectivity index (χ2v) is 20.4. The van der Waals surface area contributed by atoms with Gasteiger partial charge in [0, 0.05) is 54.1 Å². The van der Waals surface area contributed by atoms with E-state index in [1.807, 2.05) is 17.6 Å². The number of halogens is 1. The van der Waals surface area contributed by atoms with Gasteiger partial charge in [0.05, 0.1) is 35.0 Å². The Labute approximate surface area is 373 Å². The number of aromatic nitrogens is 7. The molecule has 0 unspecified atom stereocenters. The Morgan fingerprint density at radius 3 is 2.31 bits per heavy atom. The van der Waals surface area contributed by atoms with Gasteiger partial charge in [-0.05, 0) is 137 Å². The number of benzene rings is 3. The highest BCUT2D eigenvalue weighted by Crippen LogP contribution is 2.56. The van der Waals surface area contributed by atoms with Crippen LogP contribution in [0.15, 0.2) is 87.2 Å². The quantitative estimate of drug-likeness (QED) is 0.158. The van der Waals surface area contributed by atoms with Crippen LogP contribution in [-0.4, -0.2) is 77.9 Å². The van der Waals surface area contributed by atoms with Crippen molar-refractivity contribution in [3.8, 4) is 17.2 Å². The van der Waals surface area contributed by atoms with E-state index in [2.05, 4.69) is 53.8 Å². The molecule has 0 radical (unpaired) electrons. The van der Waals surface area contributed by atoms with Gasteiger partial charge >= 0.3 is 11.4 Å². The Hall–Kier alpha value is -6.53. The SMILES string of the molecule is Cc1cc(-n2nc3c(c2-n2ccn(-c4ccc(NS(C)(=O)=O)cc4)c2=O)[C@H](C)N(C(=O)c2cc4cc([C@H]5CCOC(C)(C)C5)ccc4n2[C@@]2(c4noc(=O)[nH]4)C[C@@H]2C)CC3)cc(C)c1F. The van der Waals surface area contributed by atoms with Crippen LogP contribution >= 0.6 is 0 Å². The maximum absolute atomic E-state index is 15.5. The molecule has 3 aliphatic rings. The van der Waals surface area contributed by atoms with E-state index in [0.29, 0.717) is 82.8 Å². The largest absolute Gasteiger partial charge is 0.438 e. The fourth-order valence-corrected chi connectivity index (χ4v) is 10.9. The van der Waals surface area contributed by atoms with Gasteiger partial charge in [-0.3, -0.25) is 28.2 Å². The molecule has 16 nitrogen and oxygen atoms in total. The Morgan fingerprint density at radius 2 is 1.66 bits per heavy atom. The second kappa shape index (κ2) is 15.0. The summed E-state index contributed by atoms with van der Waals surface area (Å²) >= 11 is 0. The average Bonchev–Trinajstić information content (AvgIpc) is 3.74. The number of nitrogens with one attached hydrogen (secondary N) is 2. The highest BCUT2D eigenvalue weighted by Gasteiger charge is 2.59. The number of sulfonamides is 1. The van der Waals surface area contributed by atoms with Crippen LogP contribution in [0.1, 0.15) is 103 Å². The van der Waals surface area contributed by atoms with Crippen molar-refractivity contribution < 1.29 is 26.9 Å². The van der Waals surface area contributed by atoms with Crippen molar-refractivity contribution in [1.29, 1.82) is 0 Å². The Balaban J connectivity index is 1.10. The van der Waals surface area contributed by atoms with Crippen LogP contribution in [0, 0.1) is 25.6 Å². The molecular formula is C47H50FN9O7S. The van der Waals surface area contributed by atoms with Gasteiger partial charge in [0.2, 0.25) is 10.0 Å². The standard InChI is InChI=1S/C47H50FN9O7S/c1-26-20-35(21-27(2)40(26)48)57-41(55-18-17-54(45(55)60)34-11-9-33(10-12-34)52-65(7,61)62)39-29(4)53(16-14-36(39)50-57)42(58)38-23-32-22-30(31-15-19-63-46(5,6)25-31)8-13-37(32)56(38)47(24-28(47)3)43-49-44(59)64-51-43/h8-13,17-18,20-23,28-29,31,52H,14-16,19,24-25H2,1-7H3,(H,49,51,59)/t28-,29-,31-,47-/m0/s1. The summed E-state index contributed by atoms with van der Waals surface area (Å²) in [5.41, 5.74) is 4.37. The molecule has 6 heterocycles. The molecule has 2 aliphatic heterocycles. The zero-order valence-electron chi connectivity index (χ0n) is 37.2. The number of hydrogen-bond acceptors (Lipinski definition) is 9. The first-order valence-corrected chi connectivity index (χ1v) is 23.7. The number of nitrogens with zero attached hydrogens (tertiary/aromatic N) is 7. The number of anilines is 1. The zero-order chi connectivity index (χ0) is 45.9. The van der Waals surface area contributed by atoms with E-state index in [9.17, 15) is 18.0 Å². The molecule has 2 fully saturated rings. The summed E-state index contributed by atoms with van der Waals surface area (Å²) in [5.74, 6) is -0.253. The summed E-state index contributed by atoms with van der Waals surface area (Å²) in [7, 11) is -3.52. The molecule has 1 saturated carbocycles. The summed E-state index contributed by atoms with van der Waals surface area (Å²) in [4.78, 5) is 47.1. The van der Waals surface area contributed by atoms with E-state index in [0.717, 1.165) is 35.6 Å². The molecule has 1 amide bonds. The number of carbonyl (C=O) groups is 1. The molecule has 0 bridgehead atoms. The molecular weight excluding hydrogens is 854 g/mol. The van der Waals surface area contributed by atoms with Gasteiger partial charge in [0.15, 0.2) is 5.82 Å². The van der Waals surface area contributed by atoms with Crippen molar-refractivity contribution in [3.63, 3.8) is 0 Å². The van der Waals surface area contributed by atoms with E-state index in [1.165, 1.54) is 9.13 Å². The zero-order valence-corrected chi connectivity index (χ0v) is 38.0. The molecule has 1 saturated heterocycles. The number of imidazole rings is 1. The van der Waals surface area contributed by atoms with Crippen molar-refractivity contribution in [2.24, 2.45) is 5.92 Å². The lowest BCUT2D eigenvalue weighted by Crippen LogP contribution is -2.41. The molecule has 18 heteroatoms. The van der Waals surface area contributed by atoms with Crippen molar-refractivity contribution in [1.82, 2.24) is 38.5 Å². The van der Waals surface area contributed by atoms with E-state index < -0.39 is 33.0 Å². The van der Waals surface area contributed by atoms with Gasteiger partial charge in [0.25, 0.3) is 5.91 Å². The third kappa shape index (κ3) is 7.13. The average molecular weight is 904 g/mol. The number of amides is 1. The van der Waals surface area contributed by atoms with Crippen LogP contribution in [0.3, 0.4) is 0 Å². The molecule has 4 aromatic heterocycles. The van der Waals surface area contributed by atoms with E-state index >= 15 is 9.18 Å². The molecule has 4 atom stereocenters. The smallest absolute Gasteiger partial charge is 0.376 e. The summed E-state index contributed by atoms with van der Waals surface area (Å²) in [6.07, 6.45) is 7.00. The number of fused-ring (bicyclic) bond motifs is 2. The summed E-state index contributed by atoms with van der Waals surface area (Å²) in [6, 6.07) is 17.5. The van der Waals surface area contributed by atoms with Gasteiger partial charge < -0.3 is 14.2 Å². The Bertz CT molecular complexity index is 3280. The minimum absolute atomic E-state index is 0.00210. The fourth-order valence-electron chi connectivity index (χ4n) is 10.3. The predicted molar refractivity (Wildman–Crippen MR) is 241 cm³/mol. The van der Waals surface area contributed by atoms with Crippen molar-refractivity contribution in [3.05, 3.63) is 139 Å². The maximum Gasteiger partial charge on any atom is 0.438 e. The van der Waals surface area contributed by atoms with E-state index in [1.54, 1.807) is 72.2 Å². The molecule has 2 N–H and O–H groups in total. The number of carbonyl (C=O) groups excluding carboxylic acids is 1. The van der Waals surface area contributed by atoms with Crippen molar-refractivity contribution in [2.45, 2.75) is 90.3 Å². The first-order valence-electron chi connectivity index (χ1n) is 21.8. The van der Waals surface area contributed by atoms with Crippen LogP contribution in [0.2, 0.25) is 0 Å². The first kappa shape index (κ1) is 42.4. The molecule has 3 aromatic carbocycles. The van der Waals surface area contributed by atoms with Gasteiger partial charge in [-0.2, -0.15) is 5.10 Å². The molecule has 10 rings (SSSR count). The van der Waals surface area contributed by atoms with Gasteiger partial charge in [-0.15, -0.1) is 0 Å². The number of aryl methyl sites for hydroxylation is 2. The third-order valence-corrected chi connectivity index (χ3v) is 14.2. The molecule has 1 aliphatic carbocycles.